The third-order valence-electron chi connectivity index (χ3n) is 1.76. The van der Waals surface area contributed by atoms with Crippen LogP contribution in [0, 0.1) is 0 Å². The Hall–Kier alpha value is 0.360. The van der Waals surface area contributed by atoms with Crippen LogP contribution in [0.1, 0.15) is 5.56 Å². The van der Waals surface area contributed by atoms with Gasteiger partial charge < -0.3 is 0 Å². The van der Waals surface area contributed by atoms with Gasteiger partial charge in [-0.2, -0.15) is 0 Å². The van der Waals surface area contributed by atoms with Crippen molar-refractivity contribution in [2.45, 2.75) is 6.42 Å². The number of thiophene rings is 2. The van der Waals surface area contributed by atoms with Crippen LogP contribution in [0.4, 0.5) is 0 Å². The molecule has 0 amide bonds. The van der Waals surface area contributed by atoms with Gasteiger partial charge in [0.25, 0.3) is 0 Å². The first-order chi connectivity index (χ1) is 6.22. The number of hydrogen-bond donors (Lipinski definition) is 0. The van der Waals surface area contributed by atoms with Crippen molar-refractivity contribution < 1.29 is 0 Å². The maximum atomic E-state index is 3.77. The monoisotopic (exact) mass is 336 g/mol. The van der Waals surface area contributed by atoms with Gasteiger partial charge in [0.05, 0.1) is 11.6 Å². The van der Waals surface area contributed by atoms with Gasteiger partial charge in [-0.15, -0.1) is 29.3 Å². The molecular formula is C9H6Br2S2. The zero-order valence-corrected chi connectivity index (χ0v) is 11.4. The molecule has 0 saturated heterocycles. The molecule has 2 rings (SSSR count). The molecule has 0 radical (unpaired) electrons. The molecule has 2 aromatic rings. The topological polar surface area (TPSA) is 0 Å². The van der Waals surface area contributed by atoms with Gasteiger partial charge in [0.1, 0.15) is 0 Å². The van der Waals surface area contributed by atoms with Gasteiger partial charge in [-0.25, -0.2) is 0 Å². The number of halogens is 2. The van der Waals surface area contributed by atoms with Crippen molar-refractivity contribution in [1.82, 2.24) is 0 Å². The van der Waals surface area contributed by atoms with Crippen LogP contribution in [-0.2, 0) is 6.42 Å². The average molecular weight is 338 g/mol. The van der Waals surface area contributed by atoms with E-state index in [2.05, 4.69) is 44.5 Å². The fourth-order valence-electron chi connectivity index (χ4n) is 1.21. The van der Waals surface area contributed by atoms with Crippen LogP contribution in [0.25, 0.3) is 9.40 Å². The Morgan fingerprint density at radius 3 is 2.85 bits per heavy atom. The molecule has 2 heterocycles. The van der Waals surface area contributed by atoms with Crippen molar-refractivity contribution in [3.63, 3.8) is 0 Å². The molecule has 0 aliphatic carbocycles. The fourth-order valence-corrected chi connectivity index (χ4v) is 5.54. The molecule has 68 valence electrons. The quantitative estimate of drug-likeness (QED) is 0.659. The number of allylic oxidation sites excluding steroid dienone is 1. The van der Waals surface area contributed by atoms with Gasteiger partial charge in [-0.1, -0.05) is 6.08 Å². The molecule has 13 heavy (non-hydrogen) atoms. The van der Waals surface area contributed by atoms with Crippen molar-refractivity contribution in [1.29, 1.82) is 0 Å². The minimum atomic E-state index is 0.934. The van der Waals surface area contributed by atoms with E-state index in [-0.39, 0.29) is 0 Å². The SMILES string of the molecule is C=CCc1c(Br)sc2sc(Br)cc12. The third-order valence-corrected chi connectivity index (χ3v) is 5.49. The van der Waals surface area contributed by atoms with E-state index in [1.165, 1.54) is 22.5 Å². The fraction of sp³-hybridized carbons (Fsp3) is 0.111. The van der Waals surface area contributed by atoms with E-state index in [4.69, 9.17) is 0 Å². The largest absolute Gasteiger partial charge is 0.117 e. The van der Waals surface area contributed by atoms with Gasteiger partial charge in [0.15, 0.2) is 0 Å². The van der Waals surface area contributed by atoms with Crippen LogP contribution in [0.5, 0.6) is 0 Å². The molecule has 0 aliphatic heterocycles. The van der Waals surface area contributed by atoms with Gasteiger partial charge >= 0.3 is 0 Å². The van der Waals surface area contributed by atoms with Gasteiger partial charge in [0.2, 0.25) is 0 Å². The molecule has 0 unspecified atom stereocenters. The van der Waals surface area contributed by atoms with Crippen LogP contribution in [0.15, 0.2) is 26.3 Å². The summed E-state index contributed by atoms with van der Waals surface area (Å²) in [6, 6.07) is 2.18. The summed E-state index contributed by atoms with van der Waals surface area (Å²) >= 11 is 10.7. The first kappa shape index (κ1) is 9.90. The summed E-state index contributed by atoms with van der Waals surface area (Å²) in [6.07, 6.45) is 2.88. The first-order valence-electron chi connectivity index (χ1n) is 3.69. The van der Waals surface area contributed by atoms with E-state index in [1.807, 2.05) is 6.08 Å². The number of rotatable bonds is 2. The molecule has 0 bridgehead atoms. The zero-order valence-electron chi connectivity index (χ0n) is 6.64. The van der Waals surface area contributed by atoms with Crippen LogP contribution in [0.3, 0.4) is 0 Å². The lowest BCUT2D eigenvalue weighted by Gasteiger charge is -1.91. The van der Waals surface area contributed by atoms with Gasteiger partial charge in [0, 0.05) is 5.39 Å². The van der Waals surface area contributed by atoms with E-state index in [1.54, 1.807) is 22.7 Å². The second-order valence-corrected chi connectivity index (χ2v) is 7.63. The Morgan fingerprint density at radius 2 is 2.15 bits per heavy atom. The molecule has 0 aromatic carbocycles. The summed E-state index contributed by atoms with van der Waals surface area (Å²) in [5.41, 5.74) is 1.36. The van der Waals surface area contributed by atoms with Crippen LogP contribution < -0.4 is 0 Å². The van der Waals surface area contributed by atoms with Crippen LogP contribution in [0.2, 0.25) is 0 Å². The Labute approximate surface area is 102 Å². The van der Waals surface area contributed by atoms with Crippen LogP contribution in [-0.4, -0.2) is 0 Å². The zero-order chi connectivity index (χ0) is 9.42. The highest BCUT2D eigenvalue weighted by molar-refractivity contribution is 9.11. The summed E-state index contributed by atoms with van der Waals surface area (Å²) < 4.78 is 3.81. The maximum Gasteiger partial charge on any atom is 0.0892 e. The van der Waals surface area contributed by atoms with Gasteiger partial charge in [-0.05, 0) is 49.9 Å². The minimum absolute atomic E-state index is 0.934. The summed E-state index contributed by atoms with van der Waals surface area (Å²) in [5, 5.41) is 1.36. The summed E-state index contributed by atoms with van der Waals surface area (Å²) in [7, 11) is 0. The second kappa shape index (κ2) is 3.85. The molecule has 2 aromatic heterocycles. The van der Waals surface area contributed by atoms with E-state index in [0.717, 1.165) is 6.42 Å². The summed E-state index contributed by atoms with van der Waals surface area (Å²) in [5.74, 6) is 0. The standard InChI is InChI=1S/C9H6Br2S2/c1-2-3-5-6-4-7(10)12-9(6)13-8(5)11/h2,4H,1,3H2. The molecule has 0 spiro atoms. The van der Waals surface area contributed by atoms with Crippen molar-refractivity contribution in [3.8, 4) is 0 Å². The molecule has 0 atom stereocenters. The third kappa shape index (κ3) is 1.77. The van der Waals surface area contributed by atoms with E-state index < -0.39 is 0 Å². The average Bonchev–Trinajstić information content (AvgIpc) is 2.52. The van der Waals surface area contributed by atoms with E-state index in [0.29, 0.717) is 0 Å². The lowest BCUT2D eigenvalue weighted by atomic mass is 10.2. The summed E-state index contributed by atoms with van der Waals surface area (Å²) in [6.45, 7) is 3.77. The molecule has 0 nitrogen and oxygen atoms in total. The van der Waals surface area contributed by atoms with Crippen molar-refractivity contribution >= 4 is 63.9 Å². The Balaban J connectivity index is 2.67. The highest BCUT2D eigenvalue weighted by atomic mass is 79.9. The van der Waals surface area contributed by atoms with E-state index >= 15 is 0 Å². The minimum Gasteiger partial charge on any atom is -0.117 e. The Morgan fingerprint density at radius 1 is 1.38 bits per heavy atom. The van der Waals surface area contributed by atoms with E-state index in [9.17, 15) is 0 Å². The lowest BCUT2D eigenvalue weighted by Crippen LogP contribution is -1.75. The molecule has 0 fully saturated rings. The van der Waals surface area contributed by atoms with Crippen molar-refractivity contribution in [3.05, 3.63) is 31.9 Å². The van der Waals surface area contributed by atoms with Gasteiger partial charge in [-0.3, -0.25) is 0 Å². The molecule has 4 heteroatoms. The first-order valence-corrected chi connectivity index (χ1v) is 6.91. The highest BCUT2D eigenvalue weighted by Crippen LogP contribution is 2.42. The maximum absolute atomic E-state index is 3.77. The normalized spacial score (nSPS) is 10.9. The summed E-state index contributed by atoms with van der Waals surface area (Å²) in [4.78, 5) is 0. The Bertz CT molecular complexity index is 453. The number of fused-ring (bicyclic) bond motifs is 1. The molecule has 0 aliphatic rings. The molecular weight excluding hydrogens is 332 g/mol. The predicted octanol–water partition coefficient (Wildman–Crippen LogP) is 5.22. The second-order valence-electron chi connectivity index (χ2n) is 2.60. The highest BCUT2D eigenvalue weighted by Gasteiger charge is 2.11. The molecule has 0 N–H and O–H groups in total. The van der Waals surface area contributed by atoms with Crippen molar-refractivity contribution in [2.24, 2.45) is 0 Å². The lowest BCUT2D eigenvalue weighted by molar-refractivity contribution is 1.32. The predicted molar refractivity (Wildman–Crippen MR) is 69.0 cm³/mol. The smallest absolute Gasteiger partial charge is 0.0892 e. The van der Waals surface area contributed by atoms with Crippen LogP contribution >= 0.6 is 54.5 Å². The molecule has 0 saturated carbocycles. The van der Waals surface area contributed by atoms with Crippen molar-refractivity contribution in [2.75, 3.05) is 0 Å². The number of hydrogen-bond acceptors (Lipinski definition) is 2. The Kier molecular flexibility index (Phi) is 2.93.